The predicted octanol–water partition coefficient (Wildman–Crippen LogP) is 3.76. The average molecular weight is 387 g/mol. The lowest BCUT2D eigenvalue weighted by Crippen LogP contribution is -2.12. The van der Waals surface area contributed by atoms with Crippen LogP contribution in [0.2, 0.25) is 0 Å². The summed E-state index contributed by atoms with van der Waals surface area (Å²) in [6.45, 7) is 0. The van der Waals surface area contributed by atoms with Crippen molar-refractivity contribution >= 4 is 44.1 Å². The van der Waals surface area contributed by atoms with Crippen LogP contribution >= 0.6 is 11.3 Å². The third-order valence-electron chi connectivity index (χ3n) is 3.57. The second kappa shape index (κ2) is 7.67. The zero-order chi connectivity index (χ0) is 18.6. The summed E-state index contributed by atoms with van der Waals surface area (Å²) in [6, 6.07) is 14.4. The van der Waals surface area contributed by atoms with Gasteiger partial charge >= 0.3 is 0 Å². The Morgan fingerprint density at radius 1 is 1.08 bits per heavy atom. The summed E-state index contributed by atoms with van der Waals surface area (Å²) in [4.78, 5) is 10.5. The molecule has 0 spiro atoms. The van der Waals surface area contributed by atoms with Crippen LogP contribution in [-0.4, -0.2) is 33.7 Å². The number of sulfonamides is 1. The van der Waals surface area contributed by atoms with Crippen LogP contribution in [0, 0.1) is 0 Å². The van der Waals surface area contributed by atoms with Crippen molar-refractivity contribution in [3.8, 4) is 0 Å². The van der Waals surface area contributed by atoms with E-state index in [1.54, 1.807) is 29.9 Å². The largest absolute Gasteiger partial charge is 0.378 e. The average Bonchev–Trinajstić information content (AvgIpc) is 3.13. The van der Waals surface area contributed by atoms with Crippen molar-refractivity contribution in [2.45, 2.75) is 4.90 Å². The molecule has 8 heteroatoms. The fourth-order valence-corrected chi connectivity index (χ4v) is 3.96. The minimum absolute atomic E-state index is 0.169. The van der Waals surface area contributed by atoms with E-state index in [9.17, 15) is 8.42 Å². The van der Waals surface area contributed by atoms with Crippen molar-refractivity contribution in [2.24, 2.45) is 4.99 Å². The molecule has 1 heterocycles. The fraction of sp³-hybridized carbons (Fsp3) is 0.111. The van der Waals surface area contributed by atoms with E-state index in [2.05, 4.69) is 14.7 Å². The molecule has 2 aromatic carbocycles. The van der Waals surface area contributed by atoms with Crippen molar-refractivity contribution < 1.29 is 8.42 Å². The number of hydrogen-bond acceptors (Lipinski definition) is 6. The minimum atomic E-state index is -3.64. The number of thiazole rings is 1. The zero-order valence-corrected chi connectivity index (χ0v) is 16.0. The molecule has 0 fully saturated rings. The molecular formula is C18H18N4O2S2. The summed E-state index contributed by atoms with van der Waals surface area (Å²) in [5.74, 6) is 0. The molecule has 1 N–H and O–H groups in total. The number of benzene rings is 2. The Morgan fingerprint density at radius 2 is 1.77 bits per heavy atom. The van der Waals surface area contributed by atoms with Crippen LogP contribution in [0.25, 0.3) is 0 Å². The van der Waals surface area contributed by atoms with E-state index in [-0.39, 0.29) is 4.90 Å². The van der Waals surface area contributed by atoms with E-state index in [0.717, 1.165) is 11.3 Å². The lowest BCUT2D eigenvalue weighted by molar-refractivity contribution is 0.601. The van der Waals surface area contributed by atoms with Gasteiger partial charge in [0.15, 0.2) is 5.13 Å². The number of anilines is 2. The standard InChI is InChI=1S/C18H18N4O2S2/c1-22(2)16-7-3-14(4-8-16)13-20-15-5-9-17(10-6-15)26(23,24)21-18-19-11-12-25-18/h3-13H,1-2H3,(H,19,21). The molecule has 26 heavy (non-hydrogen) atoms. The molecule has 0 unspecified atom stereocenters. The SMILES string of the molecule is CN(C)c1ccc(C=Nc2ccc(S(=O)(=O)Nc3nccs3)cc2)cc1. The van der Waals surface area contributed by atoms with Crippen molar-refractivity contribution in [3.63, 3.8) is 0 Å². The molecule has 0 aliphatic carbocycles. The Hall–Kier alpha value is -2.71. The molecule has 6 nitrogen and oxygen atoms in total. The van der Waals surface area contributed by atoms with Gasteiger partial charge in [-0.3, -0.25) is 9.71 Å². The highest BCUT2D eigenvalue weighted by Gasteiger charge is 2.14. The smallest absolute Gasteiger partial charge is 0.263 e. The van der Waals surface area contributed by atoms with Crippen molar-refractivity contribution in [3.05, 3.63) is 65.7 Å². The summed E-state index contributed by atoms with van der Waals surface area (Å²) in [6.07, 6.45) is 3.29. The van der Waals surface area contributed by atoms with Crippen LogP contribution in [0.1, 0.15) is 5.56 Å². The third kappa shape index (κ3) is 4.47. The third-order valence-corrected chi connectivity index (χ3v) is 5.75. The molecule has 3 rings (SSSR count). The highest BCUT2D eigenvalue weighted by Crippen LogP contribution is 2.21. The highest BCUT2D eigenvalue weighted by molar-refractivity contribution is 7.93. The first kappa shape index (κ1) is 18.1. The Bertz CT molecular complexity index is 979. The van der Waals surface area contributed by atoms with E-state index < -0.39 is 10.0 Å². The molecule has 0 radical (unpaired) electrons. The number of nitrogens with zero attached hydrogens (tertiary/aromatic N) is 3. The van der Waals surface area contributed by atoms with E-state index in [0.29, 0.717) is 10.8 Å². The molecule has 1 aromatic heterocycles. The molecule has 0 amide bonds. The summed E-state index contributed by atoms with van der Waals surface area (Å²) in [5.41, 5.74) is 2.76. The van der Waals surface area contributed by atoms with Crippen LogP contribution < -0.4 is 9.62 Å². The number of nitrogens with one attached hydrogen (secondary N) is 1. The van der Waals surface area contributed by atoms with E-state index in [4.69, 9.17) is 0 Å². The molecule has 0 saturated carbocycles. The molecule has 0 saturated heterocycles. The molecule has 0 aliphatic heterocycles. The fourth-order valence-electron chi connectivity index (χ4n) is 2.17. The van der Waals surface area contributed by atoms with E-state index >= 15 is 0 Å². The maximum Gasteiger partial charge on any atom is 0.263 e. The zero-order valence-electron chi connectivity index (χ0n) is 14.3. The van der Waals surface area contributed by atoms with Crippen molar-refractivity contribution in [1.82, 2.24) is 4.98 Å². The highest BCUT2D eigenvalue weighted by atomic mass is 32.2. The van der Waals surface area contributed by atoms with Gasteiger partial charge in [0, 0.05) is 37.6 Å². The van der Waals surface area contributed by atoms with Gasteiger partial charge in [0.05, 0.1) is 10.6 Å². The van der Waals surface area contributed by atoms with Gasteiger partial charge in [-0.05, 0) is 42.0 Å². The predicted molar refractivity (Wildman–Crippen MR) is 107 cm³/mol. The molecule has 0 aliphatic rings. The van der Waals surface area contributed by atoms with Gasteiger partial charge in [-0.25, -0.2) is 13.4 Å². The van der Waals surface area contributed by atoms with Gasteiger partial charge in [0.1, 0.15) is 0 Å². The van der Waals surface area contributed by atoms with Crippen LogP contribution in [0.3, 0.4) is 0 Å². The first-order valence-corrected chi connectivity index (χ1v) is 10.1. The summed E-state index contributed by atoms with van der Waals surface area (Å²) >= 11 is 1.23. The second-order valence-electron chi connectivity index (χ2n) is 5.68. The van der Waals surface area contributed by atoms with Crippen LogP contribution in [0.5, 0.6) is 0 Å². The quantitative estimate of drug-likeness (QED) is 0.655. The first-order valence-electron chi connectivity index (χ1n) is 7.78. The minimum Gasteiger partial charge on any atom is -0.378 e. The molecule has 0 atom stereocenters. The molecule has 0 bridgehead atoms. The molecule has 134 valence electrons. The summed E-state index contributed by atoms with van der Waals surface area (Å²) in [7, 11) is 0.338. The van der Waals surface area contributed by atoms with E-state index in [1.807, 2.05) is 43.3 Å². The lowest BCUT2D eigenvalue weighted by Gasteiger charge is -2.11. The van der Waals surface area contributed by atoms with Crippen molar-refractivity contribution in [1.29, 1.82) is 0 Å². The van der Waals surface area contributed by atoms with Gasteiger partial charge in [0.25, 0.3) is 10.0 Å². The Balaban J connectivity index is 1.71. The Kier molecular flexibility index (Phi) is 5.34. The van der Waals surface area contributed by atoms with Crippen molar-refractivity contribution in [2.75, 3.05) is 23.7 Å². The van der Waals surface area contributed by atoms with Gasteiger partial charge < -0.3 is 4.90 Å². The van der Waals surface area contributed by atoms with Crippen LogP contribution in [-0.2, 0) is 10.0 Å². The maximum atomic E-state index is 12.3. The second-order valence-corrected chi connectivity index (χ2v) is 8.26. The number of rotatable bonds is 6. The molecule has 3 aromatic rings. The van der Waals surface area contributed by atoms with Gasteiger partial charge in [-0.15, -0.1) is 11.3 Å². The van der Waals surface area contributed by atoms with Gasteiger partial charge in [-0.1, -0.05) is 12.1 Å². The van der Waals surface area contributed by atoms with Crippen LogP contribution in [0.4, 0.5) is 16.5 Å². The number of hydrogen-bond donors (Lipinski definition) is 1. The van der Waals surface area contributed by atoms with E-state index in [1.165, 1.54) is 23.5 Å². The first-order chi connectivity index (χ1) is 12.4. The Labute approximate surface area is 156 Å². The summed E-state index contributed by atoms with van der Waals surface area (Å²) < 4.78 is 27.0. The van der Waals surface area contributed by atoms with Gasteiger partial charge in [0.2, 0.25) is 0 Å². The lowest BCUT2D eigenvalue weighted by atomic mass is 10.2. The Morgan fingerprint density at radius 3 is 2.35 bits per heavy atom. The maximum absolute atomic E-state index is 12.3. The number of aliphatic imine (C=N–C) groups is 1. The van der Waals surface area contributed by atoms with Gasteiger partial charge in [-0.2, -0.15) is 0 Å². The van der Waals surface area contributed by atoms with Crippen LogP contribution in [0.15, 0.2) is 70.0 Å². The monoisotopic (exact) mass is 386 g/mol. The number of aromatic nitrogens is 1. The topological polar surface area (TPSA) is 74.7 Å². The molecular weight excluding hydrogens is 368 g/mol. The summed E-state index contributed by atoms with van der Waals surface area (Å²) in [5, 5.41) is 2.05. The normalized spacial score (nSPS) is 11.6.